The van der Waals surface area contributed by atoms with Crippen molar-refractivity contribution in [3.63, 3.8) is 0 Å². The van der Waals surface area contributed by atoms with Crippen LogP contribution in [0.4, 0.5) is 0 Å². The Balaban J connectivity index is 3.00. The van der Waals surface area contributed by atoms with E-state index in [2.05, 4.69) is 0 Å². The molecule has 0 fully saturated rings. The number of aromatic hydroxyl groups is 1. The molecule has 0 amide bonds. The van der Waals surface area contributed by atoms with Crippen LogP contribution in [0, 0.1) is 5.92 Å². The molecule has 0 radical (unpaired) electrons. The van der Waals surface area contributed by atoms with E-state index >= 15 is 0 Å². The average molecular weight is 190 g/mol. The normalized spacial score (nSPS) is 11.8. The third kappa shape index (κ3) is 2.73. The Hall–Kier alpha value is -1.57. The fourth-order valence-electron chi connectivity index (χ4n) is 1.14. The molecule has 1 rings (SSSR count). The summed E-state index contributed by atoms with van der Waals surface area (Å²) in [6.07, 6.45) is 2.64. The van der Waals surface area contributed by atoms with Crippen LogP contribution in [0.2, 0.25) is 0 Å². The van der Waals surface area contributed by atoms with Crippen molar-refractivity contribution >= 4 is 12.4 Å². The van der Waals surface area contributed by atoms with Crippen molar-refractivity contribution in [1.29, 1.82) is 0 Å². The van der Waals surface area contributed by atoms with E-state index in [9.17, 15) is 9.90 Å². The van der Waals surface area contributed by atoms with Gasteiger partial charge in [0.15, 0.2) is 0 Å². The zero-order chi connectivity index (χ0) is 10.6. The van der Waals surface area contributed by atoms with Crippen LogP contribution in [0.5, 0.6) is 5.75 Å². The molecule has 0 heterocycles. The Morgan fingerprint density at radius 3 is 2.64 bits per heavy atom. The van der Waals surface area contributed by atoms with E-state index in [1.165, 1.54) is 0 Å². The van der Waals surface area contributed by atoms with E-state index in [0.717, 1.165) is 17.4 Å². The number of phenolic OH excluding ortho intramolecular Hbond substituents is 1. The lowest BCUT2D eigenvalue weighted by molar-refractivity contribution is -0.105. The second-order valence-electron chi connectivity index (χ2n) is 3.51. The fraction of sp³-hybridized carbons (Fsp3) is 0.250. The lowest BCUT2D eigenvalue weighted by Crippen LogP contribution is -1.94. The minimum absolute atomic E-state index is 0.204. The summed E-state index contributed by atoms with van der Waals surface area (Å²) < 4.78 is 0. The molecular weight excluding hydrogens is 176 g/mol. The van der Waals surface area contributed by atoms with Crippen molar-refractivity contribution in [2.75, 3.05) is 0 Å². The summed E-state index contributed by atoms with van der Waals surface area (Å²) in [5.74, 6) is 0.419. The van der Waals surface area contributed by atoms with Gasteiger partial charge in [-0.05, 0) is 35.3 Å². The molecule has 0 unspecified atom stereocenters. The minimum atomic E-state index is 0.204. The summed E-state index contributed by atoms with van der Waals surface area (Å²) in [5, 5.41) is 9.22. The predicted octanol–water partition coefficient (Wildman–Crippen LogP) is 2.63. The lowest BCUT2D eigenvalue weighted by atomic mass is 10.0. The molecule has 0 spiro atoms. The molecule has 1 aromatic carbocycles. The smallest absolute Gasteiger partial charge is 0.146 e. The molecule has 0 saturated heterocycles. The Labute approximate surface area is 83.9 Å². The monoisotopic (exact) mass is 190 g/mol. The van der Waals surface area contributed by atoms with Crippen LogP contribution in [-0.4, -0.2) is 11.4 Å². The van der Waals surface area contributed by atoms with Gasteiger partial charge in [-0.3, -0.25) is 4.79 Å². The number of carbonyl (C=O) groups excluding carboxylic acids is 1. The second-order valence-corrected chi connectivity index (χ2v) is 3.51. The first-order chi connectivity index (χ1) is 6.63. The molecule has 0 aliphatic carbocycles. The number of hydrogen-bond acceptors (Lipinski definition) is 2. The molecule has 0 aromatic heterocycles. The summed E-state index contributed by atoms with van der Waals surface area (Å²) in [4.78, 5) is 10.7. The van der Waals surface area contributed by atoms with Crippen molar-refractivity contribution in [1.82, 2.24) is 0 Å². The van der Waals surface area contributed by atoms with Gasteiger partial charge in [-0.2, -0.15) is 0 Å². The van der Waals surface area contributed by atoms with Crippen molar-refractivity contribution < 1.29 is 9.90 Å². The molecular formula is C12H14O2. The first-order valence-corrected chi connectivity index (χ1v) is 4.59. The number of benzene rings is 1. The number of aldehydes is 1. The topological polar surface area (TPSA) is 37.3 Å². The maximum absolute atomic E-state index is 10.7. The van der Waals surface area contributed by atoms with Gasteiger partial charge < -0.3 is 5.11 Å². The number of rotatable bonds is 3. The Morgan fingerprint density at radius 1 is 1.43 bits per heavy atom. The van der Waals surface area contributed by atoms with Gasteiger partial charge in [-0.25, -0.2) is 0 Å². The van der Waals surface area contributed by atoms with Gasteiger partial charge in [0.05, 0.1) is 0 Å². The average Bonchev–Trinajstić information content (AvgIpc) is 2.14. The lowest BCUT2D eigenvalue weighted by Gasteiger charge is -2.03. The zero-order valence-corrected chi connectivity index (χ0v) is 8.40. The molecule has 1 N–H and O–H groups in total. The summed E-state index contributed by atoms with van der Waals surface area (Å²) in [7, 11) is 0. The third-order valence-electron chi connectivity index (χ3n) is 2.01. The van der Waals surface area contributed by atoms with Crippen LogP contribution < -0.4 is 0 Å². The van der Waals surface area contributed by atoms with Crippen LogP contribution in [-0.2, 0) is 4.79 Å². The van der Waals surface area contributed by atoms with Crippen LogP contribution in [0.1, 0.15) is 19.4 Å². The molecule has 1 aromatic rings. The Kier molecular flexibility index (Phi) is 3.46. The van der Waals surface area contributed by atoms with Crippen LogP contribution >= 0.6 is 0 Å². The fourth-order valence-corrected chi connectivity index (χ4v) is 1.14. The molecule has 0 aliphatic heterocycles. The summed E-state index contributed by atoms with van der Waals surface area (Å²) in [5.41, 5.74) is 1.58. The number of hydrogen-bond donors (Lipinski definition) is 1. The summed E-state index contributed by atoms with van der Waals surface area (Å²) >= 11 is 0. The molecule has 2 nitrogen and oxygen atoms in total. The first-order valence-electron chi connectivity index (χ1n) is 4.59. The highest BCUT2D eigenvalue weighted by Gasteiger charge is 2.01. The van der Waals surface area contributed by atoms with Crippen molar-refractivity contribution in [2.45, 2.75) is 13.8 Å². The highest BCUT2D eigenvalue weighted by atomic mass is 16.3. The van der Waals surface area contributed by atoms with E-state index in [4.69, 9.17) is 0 Å². The standard InChI is InChI=1S/C12H14O2/c1-9(2)11(8-13)6-10-4-3-5-12(14)7-10/h3-9,14H,1-2H3/b11-6-. The van der Waals surface area contributed by atoms with Gasteiger partial charge in [0.25, 0.3) is 0 Å². The maximum atomic E-state index is 10.7. The van der Waals surface area contributed by atoms with E-state index in [1.807, 2.05) is 19.9 Å². The quantitative estimate of drug-likeness (QED) is 0.587. The zero-order valence-electron chi connectivity index (χ0n) is 8.40. The van der Waals surface area contributed by atoms with Crippen LogP contribution in [0.25, 0.3) is 6.08 Å². The van der Waals surface area contributed by atoms with Gasteiger partial charge in [0, 0.05) is 0 Å². The summed E-state index contributed by atoms with van der Waals surface area (Å²) in [6.45, 7) is 3.92. The highest BCUT2D eigenvalue weighted by Crippen LogP contribution is 2.16. The molecule has 0 bridgehead atoms. The molecule has 0 aliphatic rings. The van der Waals surface area contributed by atoms with E-state index in [-0.39, 0.29) is 11.7 Å². The van der Waals surface area contributed by atoms with Crippen molar-refractivity contribution in [3.05, 3.63) is 35.4 Å². The Morgan fingerprint density at radius 2 is 2.14 bits per heavy atom. The van der Waals surface area contributed by atoms with Gasteiger partial charge in [-0.15, -0.1) is 0 Å². The number of allylic oxidation sites excluding steroid dienone is 1. The van der Waals surface area contributed by atoms with Gasteiger partial charge >= 0.3 is 0 Å². The largest absolute Gasteiger partial charge is 0.508 e. The van der Waals surface area contributed by atoms with Crippen molar-refractivity contribution in [3.8, 4) is 5.75 Å². The van der Waals surface area contributed by atoms with E-state index in [1.54, 1.807) is 24.3 Å². The number of phenols is 1. The molecule has 0 saturated carbocycles. The molecule has 74 valence electrons. The van der Waals surface area contributed by atoms with Gasteiger partial charge in [-0.1, -0.05) is 26.0 Å². The van der Waals surface area contributed by atoms with Gasteiger partial charge in [0.2, 0.25) is 0 Å². The second kappa shape index (κ2) is 4.61. The van der Waals surface area contributed by atoms with Crippen molar-refractivity contribution in [2.24, 2.45) is 5.92 Å². The van der Waals surface area contributed by atoms with Crippen LogP contribution in [0.15, 0.2) is 29.8 Å². The number of carbonyl (C=O) groups is 1. The molecule has 14 heavy (non-hydrogen) atoms. The third-order valence-corrected chi connectivity index (χ3v) is 2.01. The predicted molar refractivity (Wildman–Crippen MR) is 57.0 cm³/mol. The van der Waals surface area contributed by atoms with E-state index < -0.39 is 0 Å². The Bertz CT molecular complexity index is 351. The summed E-state index contributed by atoms with van der Waals surface area (Å²) in [6, 6.07) is 6.84. The SMILES string of the molecule is CC(C)/C(C=O)=C\c1cccc(O)c1. The maximum Gasteiger partial charge on any atom is 0.146 e. The minimum Gasteiger partial charge on any atom is -0.508 e. The van der Waals surface area contributed by atoms with E-state index in [0.29, 0.717) is 0 Å². The van der Waals surface area contributed by atoms with Crippen LogP contribution in [0.3, 0.4) is 0 Å². The molecule has 2 heteroatoms. The highest BCUT2D eigenvalue weighted by molar-refractivity contribution is 5.82. The van der Waals surface area contributed by atoms with Gasteiger partial charge in [0.1, 0.15) is 12.0 Å². The molecule has 0 atom stereocenters. The first kappa shape index (κ1) is 10.5.